The number of H-pyrrole nitrogens is 1. The molecule has 0 aliphatic heterocycles. The van der Waals surface area contributed by atoms with Gasteiger partial charge >= 0.3 is 0 Å². The van der Waals surface area contributed by atoms with E-state index in [9.17, 15) is 4.79 Å². The fraction of sp³-hybridized carbons (Fsp3) is 0.111. The Morgan fingerprint density at radius 2 is 2.57 bits per heavy atom. The summed E-state index contributed by atoms with van der Waals surface area (Å²) >= 11 is 1.43. The molecule has 0 saturated heterocycles. The molecule has 72 valence electrons. The van der Waals surface area contributed by atoms with E-state index in [2.05, 4.69) is 15.5 Å². The predicted molar refractivity (Wildman–Crippen MR) is 54.1 cm³/mol. The molecule has 1 amide bonds. The summed E-state index contributed by atoms with van der Waals surface area (Å²) in [6, 6.07) is 3.66. The SMILES string of the molecule is O=C(NCc1cn[nH]c1)c1cccs1. The van der Waals surface area contributed by atoms with Crippen molar-refractivity contribution in [1.82, 2.24) is 15.5 Å². The molecule has 0 spiro atoms. The number of nitrogens with one attached hydrogen (secondary N) is 2. The normalized spacial score (nSPS) is 10.0. The van der Waals surface area contributed by atoms with Crippen molar-refractivity contribution in [2.45, 2.75) is 6.54 Å². The van der Waals surface area contributed by atoms with Crippen LogP contribution in [0.3, 0.4) is 0 Å². The number of hydrogen-bond acceptors (Lipinski definition) is 3. The molecule has 0 fully saturated rings. The van der Waals surface area contributed by atoms with Gasteiger partial charge in [0.2, 0.25) is 0 Å². The minimum atomic E-state index is -0.0406. The predicted octanol–water partition coefficient (Wildman–Crippen LogP) is 1.40. The van der Waals surface area contributed by atoms with E-state index < -0.39 is 0 Å². The highest BCUT2D eigenvalue weighted by Gasteiger charge is 2.05. The van der Waals surface area contributed by atoms with Crippen LogP contribution in [0.2, 0.25) is 0 Å². The molecule has 5 heteroatoms. The molecular formula is C9H9N3OS. The number of thiophene rings is 1. The Morgan fingerprint density at radius 1 is 1.64 bits per heavy atom. The summed E-state index contributed by atoms with van der Waals surface area (Å²) in [5, 5.41) is 11.2. The zero-order chi connectivity index (χ0) is 9.80. The van der Waals surface area contributed by atoms with Crippen LogP contribution in [0.1, 0.15) is 15.2 Å². The van der Waals surface area contributed by atoms with Crippen molar-refractivity contribution >= 4 is 17.2 Å². The molecule has 2 N–H and O–H groups in total. The van der Waals surface area contributed by atoms with Crippen LogP contribution in [0.15, 0.2) is 29.9 Å². The Labute approximate surface area is 85.0 Å². The third kappa shape index (κ3) is 2.00. The number of carbonyl (C=O) groups is 1. The first kappa shape index (κ1) is 8.96. The lowest BCUT2D eigenvalue weighted by Gasteiger charge is -1.99. The first-order valence-corrected chi connectivity index (χ1v) is 5.03. The van der Waals surface area contributed by atoms with Crippen LogP contribution in [0.5, 0.6) is 0 Å². The maximum Gasteiger partial charge on any atom is 0.261 e. The summed E-state index contributed by atoms with van der Waals surface area (Å²) in [6.45, 7) is 0.507. The smallest absolute Gasteiger partial charge is 0.261 e. The lowest BCUT2D eigenvalue weighted by Crippen LogP contribution is -2.21. The Hall–Kier alpha value is -1.62. The van der Waals surface area contributed by atoms with Crippen molar-refractivity contribution in [2.75, 3.05) is 0 Å². The summed E-state index contributed by atoms with van der Waals surface area (Å²) in [6.07, 6.45) is 3.45. The maximum absolute atomic E-state index is 11.5. The number of carbonyl (C=O) groups excluding carboxylic acids is 1. The van der Waals surface area contributed by atoms with Gasteiger partial charge in [0.1, 0.15) is 0 Å². The van der Waals surface area contributed by atoms with Gasteiger partial charge in [-0.05, 0) is 11.4 Å². The van der Waals surface area contributed by atoms with E-state index in [0.29, 0.717) is 6.54 Å². The summed E-state index contributed by atoms with van der Waals surface area (Å²) in [7, 11) is 0. The average Bonchev–Trinajstić information content (AvgIpc) is 2.87. The third-order valence-electron chi connectivity index (χ3n) is 1.75. The molecule has 4 nitrogen and oxygen atoms in total. The monoisotopic (exact) mass is 207 g/mol. The van der Waals surface area contributed by atoms with E-state index >= 15 is 0 Å². The van der Waals surface area contributed by atoms with Crippen molar-refractivity contribution in [3.63, 3.8) is 0 Å². The molecule has 0 aliphatic carbocycles. The fourth-order valence-corrected chi connectivity index (χ4v) is 1.69. The van der Waals surface area contributed by atoms with Crippen molar-refractivity contribution in [2.24, 2.45) is 0 Å². The van der Waals surface area contributed by atoms with Crippen LogP contribution in [-0.4, -0.2) is 16.1 Å². The van der Waals surface area contributed by atoms with Gasteiger partial charge in [0, 0.05) is 18.3 Å². The van der Waals surface area contributed by atoms with Gasteiger partial charge in [0.05, 0.1) is 11.1 Å². The summed E-state index contributed by atoms with van der Waals surface area (Å²) < 4.78 is 0. The van der Waals surface area contributed by atoms with E-state index in [0.717, 1.165) is 10.4 Å². The summed E-state index contributed by atoms with van der Waals surface area (Å²) in [5.41, 5.74) is 0.968. The van der Waals surface area contributed by atoms with Crippen LogP contribution in [-0.2, 0) is 6.54 Å². The molecule has 2 heterocycles. The Balaban J connectivity index is 1.90. The highest BCUT2D eigenvalue weighted by molar-refractivity contribution is 7.12. The molecular weight excluding hydrogens is 198 g/mol. The summed E-state index contributed by atoms with van der Waals surface area (Å²) in [4.78, 5) is 12.2. The molecule has 2 aromatic heterocycles. The van der Waals surface area contributed by atoms with Gasteiger partial charge in [0.15, 0.2) is 0 Å². The van der Waals surface area contributed by atoms with Gasteiger partial charge in [-0.25, -0.2) is 0 Å². The van der Waals surface area contributed by atoms with Crippen molar-refractivity contribution in [3.05, 3.63) is 40.3 Å². The van der Waals surface area contributed by atoms with Crippen LogP contribution in [0.4, 0.5) is 0 Å². The van der Waals surface area contributed by atoms with Gasteiger partial charge in [0.25, 0.3) is 5.91 Å². The van der Waals surface area contributed by atoms with Gasteiger partial charge in [-0.3, -0.25) is 9.89 Å². The number of nitrogens with zero attached hydrogens (tertiary/aromatic N) is 1. The molecule has 0 saturated carbocycles. The number of aromatic amines is 1. The Kier molecular flexibility index (Phi) is 2.60. The van der Waals surface area contributed by atoms with Gasteiger partial charge < -0.3 is 5.32 Å². The molecule has 0 unspecified atom stereocenters. The summed E-state index contributed by atoms with van der Waals surface area (Å²) in [5.74, 6) is -0.0406. The minimum Gasteiger partial charge on any atom is -0.347 e. The van der Waals surface area contributed by atoms with Gasteiger partial charge in [-0.1, -0.05) is 6.07 Å². The molecule has 14 heavy (non-hydrogen) atoms. The number of rotatable bonds is 3. The molecule has 0 atom stereocenters. The van der Waals surface area contributed by atoms with Crippen LogP contribution in [0.25, 0.3) is 0 Å². The Morgan fingerprint density at radius 3 is 3.21 bits per heavy atom. The van der Waals surface area contributed by atoms with Crippen LogP contribution in [0, 0.1) is 0 Å². The topological polar surface area (TPSA) is 57.8 Å². The highest BCUT2D eigenvalue weighted by atomic mass is 32.1. The second-order valence-electron chi connectivity index (χ2n) is 2.77. The zero-order valence-corrected chi connectivity index (χ0v) is 8.17. The molecule has 2 rings (SSSR count). The second kappa shape index (κ2) is 4.06. The lowest BCUT2D eigenvalue weighted by atomic mass is 10.3. The largest absolute Gasteiger partial charge is 0.347 e. The van der Waals surface area contributed by atoms with E-state index in [1.165, 1.54) is 11.3 Å². The molecule has 0 radical (unpaired) electrons. The van der Waals surface area contributed by atoms with Gasteiger partial charge in [-0.2, -0.15) is 5.10 Å². The number of aromatic nitrogens is 2. The van der Waals surface area contributed by atoms with E-state index in [-0.39, 0.29) is 5.91 Å². The minimum absolute atomic E-state index is 0.0406. The number of amides is 1. The molecule has 0 aliphatic rings. The van der Waals surface area contributed by atoms with Crippen LogP contribution < -0.4 is 5.32 Å². The maximum atomic E-state index is 11.5. The first-order valence-electron chi connectivity index (χ1n) is 4.15. The first-order chi connectivity index (χ1) is 6.86. The van der Waals surface area contributed by atoms with Crippen LogP contribution >= 0.6 is 11.3 Å². The second-order valence-corrected chi connectivity index (χ2v) is 3.71. The molecule has 0 bridgehead atoms. The highest BCUT2D eigenvalue weighted by Crippen LogP contribution is 2.07. The standard InChI is InChI=1S/C9H9N3OS/c13-9(8-2-1-3-14-8)10-4-7-5-11-12-6-7/h1-3,5-6H,4H2,(H,10,13)(H,11,12). The fourth-order valence-electron chi connectivity index (χ4n) is 1.05. The van der Waals surface area contributed by atoms with Crippen molar-refractivity contribution in [3.8, 4) is 0 Å². The zero-order valence-electron chi connectivity index (χ0n) is 7.36. The van der Waals surface area contributed by atoms with Gasteiger partial charge in [-0.15, -0.1) is 11.3 Å². The molecule has 0 aromatic carbocycles. The lowest BCUT2D eigenvalue weighted by molar-refractivity contribution is 0.0955. The van der Waals surface area contributed by atoms with E-state index in [1.54, 1.807) is 18.5 Å². The van der Waals surface area contributed by atoms with Crippen molar-refractivity contribution < 1.29 is 4.79 Å². The third-order valence-corrected chi connectivity index (χ3v) is 2.62. The Bertz CT molecular complexity index is 394. The number of hydrogen-bond donors (Lipinski definition) is 2. The average molecular weight is 207 g/mol. The quantitative estimate of drug-likeness (QED) is 0.799. The van der Waals surface area contributed by atoms with Crippen molar-refractivity contribution in [1.29, 1.82) is 0 Å². The van der Waals surface area contributed by atoms with E-state index in [4.69, 9.17) is 0 Å². The van der Waals surface area contributed by atoms with E-state index in [1.807, 2.05) is 11.4 Å². The molecule has 2 aromatic rings.